The summed E-state index contributed by atoms with van der Waals surface area (Å²) in [6.07, 6.45) is -15.1. The van der Waals surface area contributed by atoms with Crippen molar-refractivity contribution in [3.63, 3.8) is 0 Å². The SMILES string of the molecule is COC(=O)[C@@]1(C)CC[C@]2(C)CC[C@]3(C)C(=CC(=O)[C@@H]4[C@@]5(C)CC[C@H](O[C@@H]6O[C@H](C(=O)N[C@@H](CCCCNC(=O)OCc7ccccc7)C(=O)O)[C@@H](O)[C@H](O)[C@H]6O[C@@H]6O[C@H](C(=O)N[C@@H](CCCCNC(=O)OCc7ccccc7)C(=O)O)[C@@H](O)[C@H](O)[C@H]6O)C(C)(C)[C@@H]5CC[C@]43C)[C@@H]2C1. The van der Waals surface area contributed by atoms with Gasteiger partial charge in [0.25, 0.3) is 11.8 Å². The van der Waals surface area contributed by atoms with Crippen molar-refractivity contribution in [1.29, 1.82) is 0 Å². The van der Waals surface area contributed by atoms with E-state index < -0.39 is 149 Å². The van der Waals surface area contributed by atoms with Crippen molar-refractivity contribution in [2.24, 2.45) is 50.2 Å². The molecule has 6 fully saturated rings. The van der Waals surface area contributed by atoms with Gasteiger partial charge in [0, 0.05) is 19.0 Å². The number of benzene rings is 2. The van der Waals surface area contributed by atoms with Gasteiger partial charge in [-0.1, -0.05) is 108 Å². The molecule has 97 heavy (non-hydrogen) atoms. The normalized spacial score (nSPS) is 36.4. The average molecular weight is 1360 g/mol. The number of ether oxygens (including phenoxy) is 7. The summed E-state index contributed by atoms with van der Waals surface area (Å²) in [5.41, 5.74) is -0.523. The number of alkyl carbamates (subject to hydrolysis) is 2. The van der Waals surface area contributed by atoms with E-state index in [1.54, 1.807) is 48.5 Å². The Morgan fingerprint density at radius 3 is 1.64 bits per heavy atom. The van der Waals surface area contributed by atoms with Crippen LogP contribution in [-0.2, 0) is 75.1 Å². The zero-order valence-electron chi connectivity index (χ0n) is 56.8. The van der Waals surface area contributed by atoms with Gasteiger partial charge in [0.05, 0.1) is 18.6 Å². The second kappa shape index (κ2) is 30.5. The fourth-order valence-electron chi connectivity index (χ4n) is 17.5. The van der Waals surface area contributed by atoms with Crippen LogP contribution in [0.3, 0.4) is 0 Å². The highest BCUT2D eigenvalue weighted by Crippen LogP contribution is 2.75. The van der Waals surface area contributed by atoms with Gasteiger partial charge < -0.3 is 90.2 Å². The minimum atomic E-state index is -2.22. The van der Waals surface area contributed by atoms with Gasteiger partial charge in [-0.2, -0.15) is 0 Å². The van der Waals surface area contributed by atoms with Crippen molar-refractivity contribution >= 4 is 47.7 Å². The maximum atomic E-state index is 15.4. The number of ketones is 1. The number of aliphatic carboxylic acids is 2. The topological polar surface area (TPSA) is 391 Å². The molecule has 0 bridgehead atoms. The van der Waals surface area contributed by atoms with E-state index in [4.69, 9.17) is 33.2 Å². The molecule has 4 amide bonds. The Hall–Kier alpha value is -6.62. The summed E-state index contributed by atoms with van der Waals surface area (Å²) < 4.78 is 41.1. The smallest absolute Gasteiger partial charge is 0.407 e. The first-order valence-electron chi connectivity index (χ1n) is 34.1. The summed E-state index contributed by atoms with van der Waals surface area (Å²) >= 11 is 0. The predicted octanol–water partition coefficient (Wildman–Crippen LogP) is 5.50. The number of nitrogens with one attached hydrogen (secondary N) is 4. The lowest BCUT2D eigenvalue weighted by atomic mass is 9.33. The number of hydrogen-bond acceptors (Lipinski definition) is 20. The number of rotatable bonds is 25. The van der Waals surface area contributed by atoms with Crippen LogP contribution in [0.25, 0.3) is 0 Å². The molecule has 0 unspecified atom stereocenters. The summed E-state index contributed by atoms with van der Waals surface area (Å²) in [7, 11) is 1.42. The van der Waals surface area contributed by atoms with Crippen LogP contribution in [0.4, 0.5) is 9.59 Å². The van der Waals surface area contributed by atoms with Crippen LogP contribution in [0.2, 0.25) is 0 Å². The van der Waals surface area contributed by atoms with Gasteiger partial charge in [-0.25, -0.2) is 19.2 Å². The van der Waals surface area contributed by atoms with E-state index in [0.29, 0.717) is 32.1 Å². The third kappa shape index (κ3) is 15.6. The molecule has 26 nitrogen and oxygen atoms in total. The summed E-state index contributed by atoms with van der Waals surface area (Å²) in [6.45, 7) is 15.2. The van der Waals surface area contributed by atoms with Gasteiger partial charge in [0.2, 0.25) is 0 Å². The Balaban J connectivity index is 0.916. The molecule has 11 N–H and O–H groups in total. The van der Waals surface area contributed by atoms with Crippen LogP contribution in [0.5, 0.6) is 0 Å². The van der Waals surface area contributed by atoms with Crippen LogP contribution in [0.1, 0.15) is 156 Å². The lowest BCUT2D eigenvalue weighted by Gasteiger charge is -2.70. The van der Waals surface area contributed by atoms with Crippen molar-refractivity contribution < 1.29 is 107 Å². The molecule has 5 aliphatic carbocycles. The fourth-order valence-corrected chi connectivity index (χ4v) is 17.5. The van der Waals surface area contributed by atoms with Gasteiger partial charge in [0.1, 0.15) is 61.9 Å². The molecular formula is C71H100N4O22. The summed E-state index contributed by atoms with van der Waals surface area (Å²) in [4.78, 5) is 107. The van der Waals surface area contributed by atoms with Crippen LogP contribution in [0, 0.1) is 50.2 Å². The number of methoxy groups -OCH3 is 1. The van der Waals surface area contributed by atoms with Crippen LogP contribution < -0.4 is 21.3 Å². The molecule has 2 aromatic carbocycles. The number of aliphatic hydroxyl groups is 5. The molecule has 4 saturated carbocycles. The number of allylic oxidation sites excluding steroid dienone is 2. The van der Waals surface area contributed by atoms with E-state index in [-0.39, 0.29) is 100 Å². The van der Waals surface area contributed by atoms with Gasteiger partial charge in [-0.15, -0.1) is 0 Å². The molecule has 536 valence electrons. The van der Waals surface area contributed by atoms with Gasteiger partial charge >= 0.3 is 30.1 Å². The van der Waals surface area contributed by atoms with E-state index in [0.717, 1.165) is 36.0 Å². The second-order valence-corrected chi connectivity index (χ2v) is 29.9. The summed E-state index contributed by atoms with van der Waals surface area (Å²) in [5.74, 6) is -6.23. The first-order valence-corrected chi connectivity index (χ1v) is 34.1. The molecule has 26 heteroatoms. The zero-order chi connectivity index (χ0) is 70.6. The number of aliphatic hydroxyl groups excluding tert-OH is 5. The highest BCUT2D eigenvalue weighted by atomic mass is 16.8. The monoisotopic (exact) mass is 1360 g/mol. The Labute approximate surface area is 565 Å². The maximum absolute atomic E-state index is 15.4. The minimum Gasteiger partial charge on any atom is -0.480 e. The number of carboxylic acid groups (broad SMARTS) is 2. The summed E-state index contributed by atoms with van der Waals surface area (Å²) in [5, 5.41) is 88.5. The number of fused-ring (bicyclic) bond motifs is 7. The Kier molecular flexibility index (Phi) is 23.4. The Morgan fingerprint density at radius 2 is 1.11 bits per heavy atom. The number of unbranched alkanes of at least 4 members (excludes halogenated alkanes) is 2. The maximum Gasteiger partial charge on any atom is 0.407 e. The molecule has 7 aliphatic rings. The molecule has 2 saturated heterocycles. The quantitative estimate of drug-likeness (QED) is 0.0253. The number of carboxylic acids is 2. The first kappa shape index (κ1) is 74.6. The molecule has 21 atom stereocenters. The van der Waals surface area contributed by atoms with E-state index in [1.165, 1.54) is 7.11 Å². The van der Waals surface area contributed by atoms with Crippen LogP contribution in [-0.4, -0.2) is 183 Å². The molecular weight excluding hydrogens is 1260 g/mol. The van der Waals surface area contributed by atoms with Crippen LogP contribution in [0.15, 0.2) is 72.3 Å². The molecule has 0 aromatic heterocycles. The Morgan fingerprint density at radius 1 is 0.598 bits per heavy atom. The average Bonchev–Trinajstić information content (AvgIpc) is 0.675. The van der Waals surface area contributed by atoms with Crippen molar-refractivity contribution in [2.75, 3.05) is 20.2 Å². The number of carbonyl (C=O) groups excluding carboxylic acids is 6. The minimum absolute atomic E-state index is 0.0168. The lowest BCUT2D eigenvalue weighted by Crippen LogP contribution is -2.69. The largest absolute Gasteiger partial charge is 0.480 e. The van der Waals surface area contributed by atoms with Crippen molar-refractivity contribution in [2.45, 2.75) is 238 Å². The standard InChI is InChI=1S/C71H100N4O22/c1-66(2)46-25-28-71(7)56(45(76)35-41-42-36-68(4,63(88)91-8)30-29-67(42,3)31-32-70(41,71)6)69(46,5)27-26-47(66)94-62-55(51(80)50(79)54(96-62)58(83)75-44(60(86)87)24-16-18-34-73-65(90)93-38-40-21-13-10-14-22-40)97-61-52(81)48(77)49(78)53(95-61)57(82)74-43(59(84)85)23-15-17-33-72-64(89)92-37-39-19-11-9-12-20-39/h9-14,19-22,35,42-44,46-56,61-62,77-81H,15-18,23-34,36-38H2,1-8H3,(H,72,89)(H,73,90)(H,74,82)(H,75,83)(H,84,85)(H,86,87)/t42-,43-,44-,46-,47-,48-,49-,50-,51-,52+,53-,54-,55+,56+,61-,62+,67+,68-,69-,70+,71+/m0/s1. The lowest BCUT2D eigenvalue weighted by molar-refractivity contribution is -0.369. The van der Waals surface area contributed by atoms with E-state index in [2.05, 4.69) is 49.0 Å². The zero-order valence-corrected chi connectivity index (χ0v) is 56.8. The van der Waals surface area contributed by atoms with Crippen molar-refractivity contribution in [1.82, 2.24) is 21.3 Å². The van der Waals surface area contributed by atoms with Crippen molar-refractivity contribution in [3.05, 3.63) is 83.4 Å². The van der Waals surface area contributed by atoms with E-state index >= 15 is 4.79 Å². The van der Waals surface area contributed by atoms with Crippen LogP contribution >= 0.6 is 0 Å². The number of amides is 4. The van der Waals surface area contributed by atoms with Gasteiger partial charge in [-0.3, -0.25) is 19.2 Å². The third-order valence-electron chi connectivity index (χ3n) is 23.4. The molecule has 0 radical (unpaired) electrons. The molecule has 0 spiro atoms. The number of esters is 1. The highest BCUT2D eigenvalue weighted by molar-refractivity contribution is 5.96. The van der Waals surface area contributed by atoms with Crippen molar-refractivity contribution in [3.8, 4) is 0 Å². The van der Waals surface area contributed by atoms with E-state index in [9.17, 15) is 69.3 Å². The molecule has 9 rings (SSSR count). The number of hydrogen-bond donors (Lipinski definition) is 11. The molecule has 2 aliphatic heterocycles. The first-order chi connectivity index (χ1) is 45.8. The fraction of sp³-hybridized carbons (Fsp3) is 0.690. The van der Waals surface area contributed by atoms with Gasteiger partial charge in [-0.05, 0) is 159 Å². The Bertz CT molecular complexity index is 3190. The summed E-state index contributed by atoms with van der Waals surface area (Å²) in [6, 6.07) is 14.9. The van der Waals surface area contributed by atoms with E-state index in [1.807, 2.05) is 39.0 Å². The predicted molar refractivity (Wildman–Crippen MR) is 345 cm³/mol. The molecule has 2 heterocycles. The number of carbonyl (C=O) groups is 8. The molecule has 2 aromatic rings. The second-order valence-electron chi connectivity index (χ2n) is 29.9. The van der Waals surface area contributed by atoms with Gasteiger partial charge in [0.15, 0.2) is 30.6 Å². The third-order valence-corrected chi connectivity index (χ3v) is 23.4. The highest BCUT2D eigenvalue weighted by Gasteiger charge is 2.71.